The molecule has 0 unspecified atom stereocenters. The van der Waals surface area contributed by atoms with Gasteiger partial charge in [-0.1, -0.05) is 127 Å². The number of nitrogens with zero attached hydrogens (tertiary/aromatic N) is 1. The highest BCUT2D eigenvalue weighted by Gasteiger charge is 2.15. The van der Waals surface area contributed by atoms with Crippen molar-refractivity contribution >= 4 is 59.3 Å². The Morgan fingerprint density at radius 1 is 0.292 bits per heavy atom. The third kappa shape index (κ3) is 5.23. The second kappa shape index (κ2) is 12.0. The summed E-state index contributed by atoms with van der Waals surface area (Å²) in [6, 6.07) is 68.1. The van der Waals surface area contributed by atoms with E-state index < -0.39 is 0 Å². The Morgan fingerprint density at radius 2 is 0.833 bits per heavy atom. The average molecular weight is 630 g/mol. The monoisotopic (exact) mass is 629 g/mol. The molecule has 2 heteroatoms. The first-order valence-corrected chi connectivity index (χ1v) is 17.2. The number of fused-ring (bicyclic) bond motifs is 4. The van der Waals surface area contributed by atoms with Gasteiger partial charge in [-0.3, -0.25) is 0 Å². The lowest BCUT2D eigenvalue weighted by molar-refractivity contribution is 1.29. The molecule has 0 atom stereocenters. The summed E-state index contributed by atoms with van der Waals surface area (Å²) in [6.45, 7) is 0. The van der Waals surface area contributed by atoms with E-state index >= 15 is 0 Å². The number of thiophene rings is 1. The Morgan fingerprint density at radius 3 is 1.62 bits per heavy atom. The second-order valence-electron chi connectivity index (χ2n) is 12.2. The van der Waals surface area contributed by atoms with E-state index in [1.165, 1.54) is 64.3 Å². The Balaban J connectivity index is 1.02. The lowest BCUT2D eigenvalue weighted by Gasteiger charge is -2.26. The molecule has 0 aliphatic carbocycles. The quantitative estimate of drug-likeness (QED) is 0.177. The largest absolute Gasteiger partial charge is 0.310 e. The zero-order valence-electron chi connectivity index (χ0n) is 26.3. The van der Waals surface area contributed by atoms with Crippen molar-refractivity contribution in [2.75, 3.05) is 4.90 Å². The van der Waals surface area contributed by atoms with Crippen molar-refractivity contribution in [3.63, 3.8) is 0 Å². The maximum Gasteiger partial charge on any atom is 0.0468 e. The van der Waals surface area contributed by atoms with E-state index in [4.69, 9.17) is 0 Å². The van der Waals surface area contributed by atoms with Gasteiger partial charge in [0.25, 0.3) is 0 Å². The number of rotatable bonds is 6. The van der Waals surface area contributed by atoms with E-state index in [1.54, 1.807) is 0 Å². The van der Waals surface area contributed by atoms with Gasteiger partial charge in [0, 0.05) is 37.2 Å². The van der Waals surface area contributed by atoms with Crippen LogP contribution < -0.4 is 4.90 Å². The number of para-hydroxylation sites is 1. The normalized spacial score (nSPS) is 11.3. The molecule has 9 rings (SSSR count). The van der Waals surface area contributed by atoms with Gasteiger partial charge in [0.2, 0.25) is 0 Å². The molecule has 0 amide bonds. The first-order valence-electron chi connectivity index (χ1n) is 16.3. The SMILES string of the molecule is c1ccc(N(c2ccc(-c3ccc(-c4cccc(-c5ccc6ccccc6c5)c4)cc3)cc2)c2ccc3sc4ccccc4c3c2)cc1. The smallest absolute Gasteiger partial charge is 0.0468 e. The number of anilines is 3. The fraction of sp³-hybridized carbons (Fsp3) is 0. The summed E-state index contributed by atoms with van der Waals surface area (Å²) < 4.78 is 2.64. The van der Waals surface area contributed by atoms with E-state index in [0.717, 1.165) is 17.1 Å². The lowest BCUT2D eigenvalue weighted by Crippen LogP contribution is -2.09. The van der Waals surface area contributed by atoms with Gasteiger partial charge in [0.1, 0.15) is 0 Å². The highest BCUT2D eigenvalue weighted by atomic mass is 32.1. The molecular weight excluding hydrogens is 599 g/mol. The van der Waals surface area contributed by atoms with Gasteiger partial charge in [-0.05, 0) is 105 Å². The van der Waals surface area contributed by atoms with Crippen LogP contribution in [-0.2, 0) is 0 Å². The van der Waals surface area contributed by atoms with Crippen molar-refractivity contribution in [3.8, 4) is 33.4 Å². The Labute approximate surface area is 284 Å². The van der Waals surface area contributed by atoms with Crippen molar-refractivity contribution in [2.45, 2.75) is 0 Å². The van der Waals surface area contributed by atoms with Gasteiger partial charge < -0.3 is 4.90 Å². The molecule has 1 nitrogen and oxygen atoms in total. The molecule has 226 valence electrons. The van der Waals surface area contributed by atoms with E-state index in [1.807, 2.05) is 11.3 Å². The summed E-state index contributed by atoms with van der Waals surface area (Å²) >= 11 is 1.85. The van der Waals surface area contributed by atoms with Gasteiger partial charge in [0.05, 0.1) is 0 Å². The molecule has 0 aliphatic rings. The maximum absolute atomic E-state index is 2.35. The fourth-order valence-electron chi connectivity index (χ4n) is 6.78. The first-order chi connectivity index (χ1) is 23.8. The Kier molecular flexibility index (Phi) is 7.07. The van der Waals surface area contributed by atoms with Gasteiger partial charge in [0.15, 0.2) is 0 Å². The van der Waals surface area contributed by atoms with Crippen LogP contribution in [0.25, 0.3) is 64.3 Å². The van der Waals surface area contributed by atoms with Crippen molar-refractivity contribution in [1.29, 1.82) is 0 Å². The van der Waals surface area contributed by atoms with Crippen LogP contribution in [0.3, 0.4) is 0 Å². The third-order valence-corrected chi connectivity index (χ3v) is 10.4. The number of hydrogen-bond donors (Lipinski definition) is 0. The van der Waals surface area contributed by atoms with Crippen LogP contribution >= 0.6 is 11.3 Å². The van der Waals surface area contributed by atoms with E-state index in [0.29, 0.717) is 0 Å². The van der Waals surface area contributed by atoms with Crippen molar-refractivity contribution < 1.29 is 0 Å². The molecule has 1 heterocycles. The summed E-state index contributed by atoms with van der Waals surface area (Å²) in [5.41, 5.74) is 10.7. The Hall–Kier alpha value is -5.96. The first kappa shape index (κ1) is 28.3. The molecule has 8 aromatic carbocycles. The summed E-state index contributed by atoms with van der Waals surface area (Å²) in [6.07, 6.45) is 0. The maximum atomic E-state index is 2.35. The number of hydrogen-bond acceptors (Lipinski definition) is 2. The average Bonchev–Trinajstić information content (AvgIpc) is 3.54. The molecule has 0 saturated heterocycles. The van der Waals surface area contributed by atoms with Crippen LogP contribution in [0.2, 0.25) is 0 Å². The van der Waals surface area contributed by atoms with Gasteiger partial charge in [-0.25, -0.2) is 0 Å². The molecule has 48 heavy (non-hydrogen) atoms. The molecule has 9 aromatic rings. The molecule has 0 saturated carbocycles. The third-order valence-electron chi connectivity index (χ3n) is 9.26. The van der Waals surface area contributed by atoms with Crippen LogP contribution in [0.4, 0.5) is 17.1 Å². The summed E-state index contributed by atoms with van der Waals surface area (Å²) in [5, 5.41) is 5.14. The molecule has 0 radical (unpaired) electrons. The van der Waals surface area contributed by atoms with Crippen molar-refractivity contribution in [3.05, 3.63) is 188 Å². The Bertz CT molecular complexity index is 2540. The van der Waals surface area contributed by atoms with Gasteiger partial charge in [-0.15, -0.1) is 11.3 Å². The molecule has 1 aromatic heterocycles. The summed E-state index contributed by atoms with van der Waals surface area (Å²) in [7, 11) is 0. The molecule has 0 fully saturated rings. The standard InChI is InChI=1S/C46H31NS/c1-2-13-40(14-3-1)47(42-27-28-46-44(31-42)43-15-6-7-16-45(43)48-46)41-25-23-34(24-26-41)33-17-19-35(20-18-33)37-11-8-12-38(29-37)39-22-21-32-9-4-5-10-36(32)30-39/h1-31H. The topological polar surface area (TPSA) is 3.24 Å². The molecular formula is C46H31NS. The zero-order valence-corrected chi connectivity index (χ0v) is 27.1. The van der Waals surface area contributed by atoms with Crippen LogP contribution in [0, 0.1) is 0 Å². The van der Waals surface area contributed by atoms with Crippen molar-refractivity contribution in [1.82, 2.24) is 0 Å². The molecule has 0 spiro atoms. The predicted molar refractivity (Wildman–Crippen MR) is 208 cm³/mol. The molecule has 0 N–H and O–H groups in total. The van der Waals surface area contributed by atoms with Gasteiger partial charge >= 0.3 is 0 Å². The highest BCUT2D eigenvalue weighted by molar-refractivity contribution is 7.25. The van der Waals surface area contributed by atoms with Gasteiger partial charge in [-0.2, -0.15) is 0 Å². The predicted octanol–water partition coefficient (Wildman–Crippen LogP) is 13.7. The minimum atomic E-state index is 1.13. The summed E-state index contributed by atoms with van der Waals surface area (Å²) in [4.78, 5) is 2.35. The number of benzene rings is 8. The van der Waals surface area contributed by atoms with Crippen LogP contribution in [0.1, 0.15) is 0 Å². The van der Waals surface area contributed by atoms with E-state index in [-0.39, 0.29) is 0 Å². The van der Waals surface area contributed by atoms with Crippen LogP contribution in [-0.4, -0.2) is 0 Å². The van der Waals surface area contributed by atoms with Crippen LogP contribution in [0.15, 0.2) is 188 Å². The minimum absolute atomic E-state index is 1.13. The zero-order chi connectivity index (χ0) is 31.9. The van der Waals surface area contributed by atoms with Crippen LogP contribution in [0.5, 0.6) is 0 Å². The van der Waals surface area contributed by atoms with Crippen molar-refractivity contribution in [2.24, 2.45) is 0 Å². The lowest BCUT2D eigenvalue weighted by atomic mass is 9.96. The highest BCUT2D eigenvalue weighted by Crippen LogP contribution is 2.41. The second-order valence-corrected chi connectivity index (χ2v) is 13.3. The minimum Gasteiger partial charge on any atom is -0.310 e. The fourth-order valence-corrected chi connectivity index (χ4v) is 7.87. The molecule has 0 bridgehead atoms. The van der Waals surface area contributed by atoms with E-state index in [9.17, 15) is 0 Å². The van der Waals surface area contributed by atoms with E-state index in [2.05, 4.69) is 193 Å². The molecule has 0 aliphatic heterocycles. The summed E-state index contributed by atoms with van der Waals surface area (Å²) in [5.74, 6) is 0.